The fraction of sp³-hybridized carbons (Fsp3) is 0.667. The predicted molar refractivity (Wildman–Crippen MR) is 58.4 cm³/mol. The number of carbonyl (C=O) groups excluding carboxylic acids is 1. The maximum Gasteiger partial charge on any atom is 0.348 e. The van der Waals surface area contributed by atoms with E-state index in [4.69, 9.17) is 10.00 Å². The van der Waals surface area contributed by atoms with Crippen molar-refractivity contribution in [3.8, 4) is 6.07 Å². The summed E-state index contributed by atoms with van der Waals surface area (Å²) < 4.78 is 4.92. The van der Waals surface area contributed by atoms with Crippen LogP contribution in [0.15, 0.2) is 11.1 Å². The quantitative estimate of drug-likeness (QED) is 0.397. The summed E-state index contributed by atoms with van der Waals surface area (Å²) >= 11 is 0. The van der Waals surface area contributed by atoms with Gasteiger partial charge in [0.15, 0.2) is 0 Å². The van der Waals surface area contributed by atoms with Crippen LogP contribution in [0.3, 0.4) is 0 Å². The van der Waals surface area contributed by atoms with E-state index in [0.717, 1.165) is 38.0 Å². The van der Waals surface area contributed by atoms with Gasteiger partial charge in [-0.05, 0) is 44.3 Å². The van der Waals surface area contributed by atoms with E-state index in [9.17, 15) is 4.79 Å². The summed E-state index contributed by atoms with van der Waals surface area (Å²) in [5.74, 6) is -0.0298. The Morgan fingerprint density at radius 3 is 2.69 bits per heavy atom. The van der Waals surface area contributed by atoms with Gasteiger partial charge in [0, 0.05) is 6.54 Å². The zero-order valence-corrected chi connectivity index (χ0v) is 9.53. The van der Waals surface area contributed by atoms with Crippen molar-refractivity contribution < 1.29 is 9.53 Å². The van der Waals surface area contributed by atoms with Crippen LogP contribution >= 0.6 is 0 Å². The maximum atomic E-state index is 11.6. The number of rotatable bonds is 2. The molecule has 0 aromatic rings. The van der Waals surface area contributed by atoms with Gasteiger partial charge < -0.3 is 4.74 Å². The summed E-state index contributed by atoms with van der Waals surface area (Å²) in [6.07, 6.45) is 2.14. The first-order valence-electron chi connectivity index (χ1n) is 5.79. The molecule has 4 nitrogen and oxygen atoms in total. The topological polar surface area (TPSA) is 53.3 Å². The lowest BCUT2D eigenvalue weighted by atomic mass is 9.81. The smallest absolute Gasteiger partial charge is 0.348 e. The molecule has 3 aliphatic heterocycles. The standard InChI is InChI=1S/C12H16N2O2/c1-2-16-12(15)10(7-13)11-8-14-5-3-9(11)4-6-14/h9H,2-6,8H2,1H3/b11-10+. The van der Waals surface area contributed by atoms with Gasteiger partial charge in [-0.15, -0.1) is 0 Å². The van der Waals surface area contributed by atoms with Gasteiger partial charge in [0.2, 0.25) is 0 Å². The van der Waals surface area contributed by atoms with Crippen LogP contribution in [-0.2, 0) is 9.53 Å². The van der Waals surface area contributed by atoms with Crippen LogP contribution in [0.2, 0.25) is 0 Å². The Kier molecular flexibility index (Phi) is 3.25. The number of piperidine rings is 3. The van der Waals surface area contributed by atoms with Gasteiger partial charge in [0.1, 0.15) is 11.6 Å². The Morgan fingerprint density at radius 2 is 2.25 bits per heavy atom. The monoisotopic (exact) mass is 220 g/mol. The first kappa shape index (κ1) is 11.2. The minimum atomic E-state index is -0.450. The first-order chi connectivity index (χ1) is 7.76. The zero-order chi connectivity index (χ0) is 11.5. The van der Waals surface area contributed by atoms with Gasteiger partial charge >= 0.3 is 5.97 Å². The third-order valence-electron chi connectivity index (χ3n) is 3.39. The van der Waals surface area contributed by atoms with E-state index < -0.39 is 5.97 Å². The summed E-state index contributed by atoms with van der Waals surface area (Å²) in [6, 6.07) is 2.02. The number of nitrogens with zero attached hydrogens (tertiary/aromatic N) is 2. The third-order valence-corrected chi connectivity index (χ3v) is 3.39. The van der Waals surface area contributed by atoms with Crippen molar-refractivity contribution in [1.82, 2.24) is 4.90 Å². The molecule has 3 heterocycles. The van der Waals surface area contributed by atoms with E-state index in [1.165, 1.54) is 0 Å². The minimum absolute atomic E-state index is 0.247. The fourth-order valence-electron chi connectivity index (χ4n) is 2.54. The zero-order valence-electron chi connectivity index (χ0n) is 9.53. The minimum Gasteiger partial charge on any atom is -0.462 e. The second-order valence-electron chi connectivity index (χ2n) is 4.28. The van der Waals surface area contributed by atoms with Crippen molar-refractivity contribution >= 4 is 5.97 Å². The van der Waals surface area contributed by atoms with Gasteiger partial charge in [-0.2, -0.15) is 5.26 Å². The van der Waals surface area contributed by atoms with Crippen LogP contribution in [0, 0.1) is 17.2 Å². The summed E-state index contributed by atoms with van der Waals surface area (Å²) in [7, 11) is 0. The largest absolute Gasteiger partial charge is 0.462 e. The van der Waals surface area contributed by atoms with Crippen LogP contribution in [0.25, 0.3) is 0 Å². The SMILES string of the molecule is CCOC(=O)/C(C#N)=C1\CN2CCC1CC2. The van der Waals surface area contributed by atoms with Gasteiger partial charge in [-0.3, -0.25) is 4.90 Å². The van der Waals surface area contributed by atoms with Crippen molar-refractivity contribution in [3.63, 3.8) is 0 Å². The highest BCUT2D eigenvalue weighted by Crippen LogP contribution is 2.33. The van der Waals surface area contributed by atoms with Crippen molar-refractivity contribution in [2.75, 3.05) is 26.2 Å². The maximum absolute atomic E-state index is 11.6. The van der Waals surface area contributed by atoms with E-state index in [0.29, 0.717) is 12.5 Å². The Hall–Kier alpha value is -1.34. The average Bonchev–Trinajstić information content (AvgIpc) is 2.32. The molecule has 2 bridgehead atoms. The van der Waals surface area contributed by atoms with Crippen molar-refractivity contribution in [3.05, 3.63) is 11.1 Å². The molecular weight excluding hydrogens is 204 g/mol. The highest BCUT2D eigenvalue weighted by atomic mass is 16.5. The van der Waals surface area contributed by atoms with E-state index in [-0.39, 0.29) is 5.57 Å². The summed E-state index contributed by atoms with van der Waals surface area (Å²) in [6.45, 7) is 5.04. The molecule has 0 aromatic heterocycles. The molecule has 86 valence electrons. The highest BCUT2D eigenvalue weighted by molar-refractivity contribution is 5.93. The predicted octanol–water partition coefficient (Wildman–Crippen LogP) is 1.10. The van der Waals surface area contributed by atoms with Gasteiger partial charge in [0.05, 0.1) is 6.61 Å². The number of hydrogen-bond donors (Lipinski definition) is 0. The molecule has 16 heavy (non-hydrogen) atoms. The molecule has 3 saturated heterocycles. The number of hydrogen-bond acceptors (Lipinski definition) is 4. The summed E-state index contributed by atoms with van der Waals surface area (Å²) in [5.41, 5.74) is 1.25. The molecule has 0 aromatic carbocycles. The molecule has 4 heteroatoms. The second kappa shape index (κ2) is 4.67. The lowest BCUT2D eigenvalue weighted by molar-refractivity contribution is -0.138. The van der Waals surface area contributed by atoms with Gasteiger partial charge in [-0.25, -0.2) is 4.79 Å². The molecule has 0 radical (unpaired) electrons. The molecule has 0 N–H and O–H groups in total. The van der Waals surface area contributed by atoms with E-state index >= 15 is 0 Å². The third kappa shape index (κ3) is 1.96. The van der Waals surface area contributed by atoms with Gasteiger partial charge in [0.25, 0.3) is 0 Å². The fourth-order valence-corrected chi connectivity index (χ4v) is 2.54. The highest BCUT2D eigenvalue weighted by Gasteiger charge is 2.33. The number of ether oxygens (including phenoxy) is 1. The van der Waals surface area contributed by atoms with E-state index in [1.54, 1.807) is 6.92 Å². The Labute approximate surface area is 95.5 Å². The lowest BCUT2D eigenvalue weighted by Crippen LogP contribution is -2.44. The van der Waals surface area contributed by atoms with E-state index in [2.05, 4.69) is 4.90 Å². The van der Waals surface area contributed by atoms with Crippen molar-refractivity contribution in [2.24, 2.45) is 5.92 Å². The molecule has 0 spiro atoms. The number of fused-ring (bicyclic) bond motifs is 3. The summed E-state index contributed by atoms with van der Waals surface area (Å²) in [4.78, 5) is 13.9. The van der Waals surface area contributed by atoms with Crippen molar-refractivity contribution in [1.29, 1.82) is 5.26 Å². The first-order valence-corrected chi connectivity index (χ1v) is 5.79. The van der Waals surface area contributed by atoms with Crippen LogP contribution in [0.1, 0.15) is 19.8 Å². The second-order valence-corrected chi connectivity index (χ2v) is 4.28. The molecule has 0 atom stereocenters. The molecule has 0 saturated carbocycles. The van der Waals surface area contributed by atoms with Gasteiger partial charge in [-0.1, -0.05) is 0 Å². The molecule has 3 fully saturated rings. The Bertz CT molecular complexity index is 360. The Balaban J connectivity index is 2.24. The molecule has 3 aliphatic rings. The number of carbonyl (C=O) groups is 1. The van der Waals surface area contributed by atoms with Crippen LogP contribution in [-0.4, -0.2) is 37.1 Å². The average molecular weight is 220 g/mol. The molecule has 3 rings (SSSR count). The Morgan fingerprint density at radius 1 is 1.56 bits per heavy atom. The molecule has 0 aliphatic carbocycles. The molecule has 0 unspecified atom stereocenters. The van der Waals surface area contributed by atoms with Crippen LogP contribution in [0.5, 0.6) is 0 Å². The number of nitriles is 1. The van der Waals surface area contributed by atoms with Crippen LogP contribution < -0.4 is 0 Å². The van der Waals surface area contributed by atoms with Crippen molar-refractivity contribution in [2.45, 2.75) is 19.8 Å². The summed E-state index contributed by atoms with van der Waals surface area (Å²) in [5, 5.41) is 9.08. The molecular formula is C12H16N2O2. The molecule has 0 amide bonds. The number of esters is 1. The lowest BCUT2D eigenvalue weighted by Gasteiger charge is -2.41. The van der Waals surface area contributed by atoms with E-state index in [1.807, 2.05) is 6.07 Å². The van der Waals surface area contributed by atoms with Crippen LogP contribution in [0.4, 0.5) is 0 Å². The normalized spacial score (nSPS) is 30.8.